The van der Waals surface area contributed by atoms with E-state index in [-0.39, 0.29) is 11.9 Å². The standard InChI is InChI=1S/C13H18N4OS/c1-9(7-10-5-4-6-19-10)16(2)13(18)11-8-15-17(3)12(11)14/h4-6,8-9H,7,14H2,1-3H3. The molecule has 2 heterocycles. The molecule has 5 nitrogen and oxygen atoms in total. The van der Waals surface area contributed by atoms with Crippen LogP contribution < -0.4 is 5.73 Å². The van der Waals surface area contributed by atoms with Crippen LogP contribution in [0.3, 0.4) is 0 Å². The molecular weight excluding hydrogens is 260 g/mol. The lowest BCUT2D eigenvalue weighted by atomic mass is 10.1. The highest BCUT2D eigenvalue weighted by atomic mass is 32.1. The number of hydrogen-bond donors (Lipinski definition) is 1. The molecule has 0 saturated carbocycles. The number of aryl methyl sites for hydroxylation is 1. The molecule has 2 aromatic rings. The lowest BCUT2D eigenvalue weighted by Gasteiger charge is -2.24. The fraction of sp³-hybridized carbons (Fsp3) is 0.385. The molecule has 0 aliphatic rings. The van der Waals surface area contributed by atoms with E-state index in [1.165, 1.54) is 15.8 Å². The molecule has 0 spiro atoms. The maximum Gasteiger partial charge on any atom is 0.259 e. The number of nitrogens with zero attached hydrogens (tertiary/aromatic N) is 3. The second-order valence-electron chi connectivity index (χ2n) is 4.62. The van der Waals surface area contributed by atoms with Crippen molar-refractivity contribution in [2.75, 3.05) is 12.8 Å². The van der Waals surface area contributed by atoms with Crippen molar-refractivity contribution in [3.05, 3.63) is 34.2 Å². The maximum atomic E-state index is 12.3. The number of rotatable bonds is 4. The average molecular weight is 278 g/mol. The summed E-state index contributed by atoms with van der Waals surface area (Å²) in [6.07, 6.45) is 2.37. The van der Waals surface area contributed by atoms with Crippen molar-refractivity contribution in [1.82, 2.24) is 14.7 Å². The van der Waals surface area contributed by atoms with Crippen molar-refractivity contribution in [3.63, 3.8) is 0 Å². The van der Waals surface area contributed by atoms with Gasteiger partial charge < -0.3 is 10.6 Å². The Balaban J connectivity index is 2.08. The van der Waals surface area contributed by atoms with Gasteiger partial charge in [-0.3, -0.25) is 9.48 Å². The molecule has 0 fully saturated rings. The van der Waals surface area contributed by atoms with Crippen molar-refractivity contribution < 1.29 is 4.79 Å². The molecule has 19 heavy (non-hydrogen) atoms. The van der Waals surface area contributed by atoms with E-state index in [2.05, 4.69) is 11.2 Å². The number of nitrogens with two attached hydrogens (primary N) is 1. The van der Waals surface area contributed by atoms with Crippen LogP contribution in [0.1, 0.15) is 22.2 Å². The highest BCUT2D eigenvalue weighted by Crippen LogP contribution is 2.17. The minimum Gasteiger partial charge on any atom is -0.383 e. The van der Waals surface area contributed by atoms with Crippen LogP contribution in [0.25, 0.3) is 0 Å². The first-order valence-electron chi connectivity index (χ1n) is 6.07. The summed E-state index contributed by atoms with van der Waals surface area (Å²) in [5.74, 6) is 0.315. The normalized spacial score (nSPS) is 12.4. The zero-order valence-electron chi connectivity index (χ0n) is 11.3. The summed E-state index contributed by atoms with van der Waals surface area (Å²) in [5.41, 5.74) is 6.29. The predicted molar refractivity (Wildman–Crippen MR) is 77.2 cm³/mol. The van der Waals surface area contributed by atoms with Crippen LogP contribution >= 0.6 is 11.3 Å². The zero-order valence-corrected chi connectivity index (χ0v) is 12.1. The average Bonchev–Trinajstić information content (AvgIpc) is 3.00. The summed E-state index contributed by atoms with van der Waals surface area (Å²) < 4.78 is 1.50. The third kappa shape index (κ3) is 2.78. The first-order chi connectivity index (χ1) is 9.00. The fourth-order valence-electron chi connectivity index (χ4n) is 1.86. The minimum absolute atomic E-state index is 0.0883. The molecule has 0 aliphatic carbocycles. The van der Waals surface area contributed by atoms with Crippen LogP contribution in [0.5, 0.6) is 0 Å². The number of anilines is 1. The number of aromatic nitrogens is 2. The summed E-state index contributed by atoms with van der Waals surface area (Å²) in [4.78, 5) is 15.3. The number of thiophene rings is 1. The minimum atomic E-state index is -0.0883. The predicted octanol–water partition coefficient (Wildman–Crippen LogP) is 1.77. The van der Waals surface area contributed by atoms with Crippen LogP contribution in [0, 0.1) is 0 Å². The topological polar surface area (TPSA) is 64.2 Å². The van der Waals surface area contributed by atoms with Gasteiger partial charge >= 0.3 is 0 Å². The molecule has 2 aromatic heterocycles. The zero-order chi connectivity index (χ0) is 14.0. The van der Waals surface area contributed by atoms with Gasteiger partial charge in [-0.05, 0) is 18.4 Å². The Kier molecular flexibility index (Phi) is 3.90. The van der Waals surface area contributed by atoms with E-state index in [0.717, 1.165) is 6.42 Å². The van der Waals surface area contributed by atoms with Gasteiger partial charge in [0.2, 0.25) is 0 Å². The number of carbonyl (C=O) groups excluding carboxylic acids is 1. The second-order valence-corrected chi connectivity index (χ2v) is 5.65. The quantitative estimate of drug-likeness (QED) is 0.927. The lowest BCUT2D eigenvalue weighted by molar-refractivity contribution is 0.0745. The molecule has 6 heteroatoms. The first kappa shape index (κ1) is 13.6. The van der Waals surface area contributed by atoms with Crippen LogP contribution in [0.15, 0.2) is 23.7 Å². The maximum absolute atomic E-state index is 12.3. The first-order valence-corrected chi connectivity index (χ1v) is 6.95. The second kappa shape index (κ2) is 5.44. The summed E-state index contributed by atoms with van der Waals surface area (Å²) in [6.45, 7) is 2.03. The number of carbonyl (C=O) groups is 1. The van der Waals surface area contributed by atoms with Gasteiger partial charge in [-0.2, -0.15) is 5.10 Å². The van der Waals surface area contributed by atoms with Gasteiger partial charge in [0.1, 0.15) is 11.4 Å². The molecule has 0 bridgehead atoms. The smallest absolute Gasteiger partial charge is 0.259 e. The van der Waals surface area contributed by atoms with Crippen LogP contribution in [-0.2, 0) is 13.5 Å². The van der Waals surface area contributed by atoms with Crippen LogP contribution in [0.4, 0.5) is 5.82 Å². The van der Waals surface area contributed by atoms with Crippen molar-refractivity contribution >= 4 is 23.1 Å². The van der Waals surface area contributed by atoms with Crippen molar-refractivity contribution in [1.29, 1.82) is 0 Å². The Bertz CT molecular complexity index is 561. The molecule has 1 amide bonds. The van der Waals surface area contributed by atoms with Gasteiger partial charge in [-0.25, -0.2) is 0 Å². The fourth-order valence-corrected chi connectivity index (χ4v) is 2.69. The Morgan fingerprint density at radius 2 is 2.37 bits per heavy atom. The van der Waals surface area contributed by atoms with E-state index in [1.807, 2.05) is 18.4 Å². The molecule has 0 radical (unpaired) electrons. The van der Waals surface area contributed by atoms with Gasteiger partial charge in [0.05, 0.1) is 6.20 Å². The lowest BCUT2D eigenvalue weighted by Crippen LogP contribution is -2.36. The van der Waals surface area contributed by atoms with E-state index in [0.29, 0.717) is 11.4 Å². The SMILES string of the molecule is CC(Cc1cccs1)N(C)C(=O)c1cnn(C)c1N. The van der Waals surface area contributed by atoms with E-state index in [9.17, 15) is 4.79 Å². The van der Waals surface area contributed by atoms with Crippen molar-refractivity contribution in [3.8, 4) is 0 Å². The summed E-state index contributed by atoms with van der Waals surface area (Å²) in [7, 11) is 3.52. The van der Waals surface area contributed by atoms with Gasteiger partial charge in [-0.1, -0.05) is 6.07 Å². The van der Waals surface area contributed by atoms with Gasteiger partial charge in [0, 0.05) is 31.4 Å². The molecule has 1 unspecified atom stereocenters. The largest absolute Gasteiger partial charge is 0.383 e. The number of likely N-dealkylation sites (N-methyl/N-ethyl adjacent to an activating group) is 1. The summed E-state index contributed by atoms with van der Waals surface area (Å²) in [5, 5.41) is 6.05. The Labute approximate surface area is 116 Å². The van der Waals surface area contributed by atoms with Crippen molar-refractivity contribution in [2.24, 2.45) is 7.05 Å². The number of amides is 1. The van der Waals surface area contributed by atoms with Crippen molar-refractivity contribution in [2.45, 2.75) is 19.4 Å². The third-order valence-electron chi connectivity index (χ3n) is 3.27. The molecule has 1 atom stereocenters. The van der Waals surface area contributed by atoms with Gasteiger partial charge in [-0.15, -0.1) is 11.3 Å². The Hall–Kier alpha value is -1.82. The molecule has 0 aromatic carbocycles. The number of nitrogen functional groups attached to an aromatic ring is 1. The highest BCUT2D eigenvalue weighted by molar-refractivity contribution is 7.09. The van der Waals surface area contributed by atoms with E-state index < -0.39 is 0 Å². The van der Waals surface area contributed by atoms with E-state index in [1.54, 1.807) is 30.3 Å². The van der Waals surface area contributed by atoms with E-state index in [4.69, 9.17) is 5.73 Å². The van der Waals surface area contributed by atoms with Crippen LogP contribution in [0.2, 0.25) is 0 Å². The molecular formula is C13H18N4OS. The van der Waals surface area contributed by atoms with E-state index >= 15 is 0 Å². The summed E-state index contributed by atoms with van der Waals surface area (Å²) in [6, 6.07) is 4.22. The monoisotopic (exact) mass is 278 g/mol. The molecule has 2 rings (SSSR count). The molecule has 0 aliphatic heterocycles. The van der Waals surface area contributed by atoms with Gasteiger partial charge in [0.15, 0.2) is 0 Å². The van der Waals surface area contributed by atoms with Gasteiger partial charge in [0.25, 0.3) is 5.91 Å². The Morgan fingerprint density at radius 1 is 1.63 bits per heavy atom. The highest BCUT2D eigenvalue weighted by Gasteiger charge is 2.22. The summed E-state index contributed by atoms with van der Waals surface area (Å²) >= 11 is 1.70. The third-order valence-corrected chi connectivity index (χ3v) is 4.17. The Morgan fingerprint density at radius 3 is 2.89 bits per heavy atom. The van der Waals surface area contributed by atoms with Crippen LogP contribution in [-0.4, -0.2) is 33.7 Å². The molecule has 102 valence electrons. The number of hydrogen-bond acceptors (Lipinski definition) is 4. The molecule has 0 saturated heterocycles. The molecule has 2 N–H and O–H groups in total.